The quantitative estimate of drug-likeness (QED) is 0.797. The Labute approximate surface area is 106 Å². The van der Waals surface area contributed by atoms with Crippen molar-refractivity contribution in [3.05, 3.63) is 54.6 Å². The lowest BCUT2D eigenvalue weighted by atomic mass is 10.3. The summed E-state index contributed by atoms with van der Waals surface area (Å²) in [5, 5.41) is 3.41. The van der Waals surface area contributed by atoms with Crippen LogP contribution in [0.1, 0.15) is 0 Å². The zero-order chi connectivity index (χ0) is 12.7. The monoisotopic (exact) mass is 250 g/mol. The van der Waals surface area contributed by atoms with E-state index < -0.39 is 0 Å². The van der Waals surface area contributed by atoms with Gasteiger partial charge in [0, 0.05) is 23.8 Å². The smallest absolute Gasteiger partial charge is 0.317 e. The maximum atomic E-state index is 11.9. The first-order chi connectivity index (χ1) is 8.17. The van der Waals surface area contributed by atoms with Crippen LogP contribution < -0.4 is 5.32 Å². The molecule has 90 valence electrons. The predicted molar refractivity (Wildman–Crippen MR) is 72.4 cm³/mol. The zero-order valence-corrected chi connectivity index (χ0v) is 10.3. The molecular weight excluding hydrogens is 236 g/mol. The minimum absolute atomic E-state index is 0.188. The summed E-state index contributed by atoms with van der Waals surface area (Å²) in [6.45, 7) is 8.18. The van der Waals surface area contributed by atoms with Gasteiger partial charge in [0.1, 0.15) is 0 Å². The van der Waals surface area contributed by atoms with E-state index in [1.54, 1.807) is 41.3 Å². The molecule has 0 fully saturated rings. The minimum Gasteiger partial charge on any atom is -0.317 e. The number of carbonyl (C=O) groups excluding carboxylic acids is 1. The highest BCUT2D eigenvalue weighted by atomic mass is 35.5. The summed E-state index contributed by atoms with van der Waals surface area (Å²) in [6, 6.07) is 6.76. The summed E-state index contributed by atoms with van der Waals surface area (Å²) >= 11 is 5.76. The molecular formula is C13H15ClN2O. The van der Waals surface area contributed by atoms with Crippen molar-refractivity contribution in [2.24, 2.45) is 0 Å². The molecule has 1 rings (SSSR count). The lowest BCUT2D eigenvalue weighted by molar-refractivity contribution is 0.222. The van der Waals surface area contributed by atoms with Crippen molar-refractivity contribution in [1.29, 1.82) is 0 Å². The molecule has 1 aromatic carbocycles. The highest BCUT2D eigenvalue weighted by molar-refractivity contribution is 6.30. The molecule has 1 aromatic rings. The molecule has 0 saturated heterocycles. The second kappa shape index (κ2) is 6.76. The molecule has 0 aromatic heterocycles. The molecule has 0 aliphatic heterocycles. The Morgan fingerprint density at radius 3 is 2.24 bits per heavy atom. The first-order valence-corrected chi connectivity index (χ1v) is 5.58. The summed E-state index contributed by atoms with van der Waals surface area (Å²) in [5.74, 6) is 0. The van der Waals surface area contributed by atoms with Crippen LogP contribution >= 0.6 is 11.6 Å². The van der Waals surface area contributed by atoms with Gasteiger partial charge in [-0.05, 0) is 24.3 Å². The van der Waals surface area contributed by atoms with Crippen LogP contribution in [0.25, 0.3) is 0 Å². The molecule has 4 heteroatoms. The number of halogens is 1. The maximum Gasteiger partial charge on any atom is 0.322 e. The second-order valence-electron chi connectivity index (χ2n) is 3.42. The van der Waals surface area contributed by atoms with Crippen LogP contribution in [0.3, 0.4) is 0 Å². The summed E-state index contributed by atoms with van der Waals surface area (Å²) in [6.07, 6.45) is 3.34. The van der Waals surface area contributed by atoms with Crippen molar-refractivity contribution < 1.29 is 4.79 Å². The molecule has 0 radical (unpaired) electrons. The van der Waals surface area contributed by atoms with Gasteiger partial charge in [0.05, 0.1) is 0 Å². The van der Waals surface area contributed by atoms with E-state index in [0.717, 1.165) is 0 Å². The number of hydrogen-bond acceptors (Lipinski definition) is 1. The highest BCUT2D eigenvalue weighted by Crippen LogP contribution is 2.13. The average molecular weight is 251 g/mol. The Hall–Kier alpha value is -1.74. The maximum absolute atomic E-state index is 11.9. The number of benzene rings is 1. The molecule has 0 bridgehead atoms. The molecule has 2 amide bonds. The topological polar surface area (TPSA) is 32.3 Å². The Balaban J connectivity index is 2.65. The van der Waals surface area contributed by atoms with E-state index >= 15 is 0 Å². The Morgan fingerprint density at radius 2 is 1.76 bits per heavy atom. The molecule has 0 atom stereocenters. The fraction of sp³-hybridized carbons (Fsp3) is 0.154. The van der Waals surface area contributed by atoms with E-state index in [1.807, 2.05) is 0 Å². The molecule has 0 heterocycles. The molecule has 0 spiro atoms. The van der Waals surface area contributed by atoms with Gasteiger partial charge in [-0.25, -0.2) is 4.79 Å². The predicted octanol–water partition coefficient (Wildman–Crippen LogP) is 3.55. The number of nitrogens with one attached hydrogen (secondary N) is 1. The summed E-state index contributed by atoms with van der Waals surface area (Å²) < 4.78 is 0. The van der Waals surface area contributed by atoms with Gasteiger partial charge in [-0.1, -0.05) is 23.8 Å². The van der Waals surface area contributed by atoms with Crippen molar-refractivity contribution in [2.45, 2.75) is 0 Å². The van der Waals surface area contributed by atoms with Gasteiger partial charge in [0.15, 0.2) is 0 Å². The standard InChI is InChI=1S/C13H15ClN2O/c1-3-9-16(10-4-2)13(17)15-12-7-5-11(14)6-8-12/h3-8H,1-2,9-10H2,(H,15,17). The van der Waals surface area contributed by atoms with Crippen molar-refractivity contribution >= 4 is 23.3 Å². The van der Waals surface area contributed by atoms with Crippen LogP contribution in [0.5, 0.6) is 0 Å². The third-order valence-corrected chi connectivity index (χ3v) is 2.33. The minimum atomic E-state index is -0.188. The molecule has 17 heavy (non-hydrogen) atoms. The van der Waals surface area contributed by atoms with Crippen LogP contribution in [0, 0.1) is 0 Å². The van der Waals surface area contributed by atoms with E-state index in [9.17, 15) is 4.79 Å². The number of amides is 2. The van der Waals surface area contributed by atoms with E-state index in [0.29, 0.717) is 23.8 Å². The van der Waals surface area contributed by atoms with Crippen LogP contribution in [0.2, 0.25) is 5.02 Å². The van der Waals surface area contributed by atoms with E-state index in [-0.39, 0.29) is 6.03 Å². The second-order valence-corrected chi connectivity index (χ2v) is 3.86. The van der Waals surface area contributed by atoms with Crippen LogP contribution in [-0.2, 0) is 0 Å². The van der Waals surface area contributed by atoms with E-state index in [4.69, 9.17) is 11.6 Å². The number of hydrogen-bond donors (Lipinski definition) is 1. The number of nitrogens with zero attached hydrogens (tertiary/aromatic N) is 1. The third kappa shape index (κ3) is 4.33. The lowest BCUT2D eigenvalue weighted by Gasteiger charge is -2.19. The van der Waals surface area contributed by atoms with Gasteiger partial charge in [-0.2, -0.15) is 0 Å². The number of carbonyl (C=O) groups is 1. The Morgan fingerprint density at radius 1 is 1.24 bits per heavy atom. The number of rotatable bonds is 5. The van der Waals surface area contributed by atoms with Crippen molar-refractivity contribution in [3.63, 3.8) is 0 Å². The summed E-state index contributed by atoms with van der Waals surface area (Å²) in [5.41, 5.74) is 0.706. The van der Waals surface area contributed by atoms with Crippen LogP contribution in [-0.4, -0.2) is 24.0 Å². The van der Waals surface area contributed by atoms with Gasteiger partial charge >= 0.3 is 6.03 Å². The molecule has 1 N–H and O–H groups in total. The van der Waals surface area contributed by atoms with Gasteiger partial charge in [-0.3, -0.25) is 0 Å². The van der Waals surface area contributed by atoms with Crippen LogP contribution in [0.15, 0.2) is 49.6 Å². The van der Waals surface area contributed by atoms with Crippen molar-refractivity contribution in [3.8, 4) is 0 Å². The lowest BCUT2D eigenvalue weighted by Crippen LogP contribution is -2.35. The fourth-order valence-corrected chi connectivity index (χ4v) is 1.41. The van der Waals surface area contributed by atoms with Crippen molar-refractivity contribution in [1.82, 2.24) is 4.90 Å². The van der Waals surface area contributed by atoms with Gasteiger partial charge < -0.3 is 10.2 Å². The SMILES string of the molecule is C=CCN(CC=C)C(=O)Nc1ccc(Cl)cc1. The molecule has 0 aliphatic rings. The number of anilines is 1. The molecule has 0 aliphatic carbocycles. The normalized spacial score (nSPS) is 9.47. The summed E-state index contributed by atoms with van der Waals surface area (Å²) in [4.78, 5) is 13.5. The third-order valence-electron chi connectivity index (χ3n) is 2.08. The number of urea groups is 1. The molecule has 3 nitrogen and oxygen atoms in total. The first-order valence-electron chi connectivity index (χ1n) is 5.20. The average Bonchev–Trinajstić information content (AvgIpc) is 2.32. The Bertz CT molecular complexity index is 390. The first kappa shape index (κ1) is 13.3. The van der Waals surface area contributed by atoms with Crippen LogP contribution in [0.4, 0.5) is 10.5 Å². The van der Waals surface area contributed by atoms with Crippen molar-refractivity contribution in [2.75, 3.05) is 18.4 Å². The zero-order valence-electron chi connectivity index (χ0n) is 9.53. The largest absolute Gasteiger partial charge is 0.322 e. The molecule has 0 saturated carbocycles. The van der Waals surface area contributed by atoms with Gasteiger partial charge in [0.2, 0.25) is 0 Å². The Kier molecular flexibility index (Phi) is 5.30. The fourth-order valence-electron chi connectivity index (χ4n) is 1.29. The van der Waals surface area contributed by atoms with E-state index in [1.165, 1.54) is 0 Å². The van der Waals surface area contributed by atoms with E-state index in [2.05, 4.69) is 18.5 Å². The molecule has 0 unspecified atom stereocenters. The van der Waals surface area contributed by atoms with Gasteiger partial charge in [0.25, 0.3) is 0 Å². The highest BCUT2D eigenvalue weighted by Gasteiger charge is 2.09. The van der Waals surface area contributed by atoms with Gasteiger partial charge in [-0.15, -0.1) is 13.2 Å². The summed E-state index contributed by atoms with van der Waals surface area (Å²) in [7, 11) is 0.